The summed E-state index contributed by atoms with van der Waals surface area (Å²) in [6.07, 6.45) is 0. The molecule has 0 amide bonds. The molecule has 8 aromatic carbocycles. The molecule has 0 unspecified atom stereocenters. The number of hydrogen-bond acceptors (Lipinski definition) is 5. The highest BCUT2D eigenvalue weighted by molar-refractivity contribution is 6.24. The molecule has 0 spiro atoms. The second-order valence-corrected chi connectivity index (χ2v) is 13.2. The fourth-order valence-electron chi connectivity index (χ4n) is 7.32. The highest BCUT2D eigenvalue weighted by atomic mass is 16.3. The average Bonchev–Trinajstić information content (AvgIpc) is 4.10. The first-order chi connectivity index (χ1) is 34.5. The maximum Gasteiger partial charge on any atom is 0.238 e. The first kappa shape index (κ1) is 20.2. The largest absolute Gasteiger partial charge is 0.456 e. The van der Waals surface area contributed by atoms with Crippen LogP contribution in [0.5, 0.6) is 0 Å². The number of nitrogens with zero attached hydrogens (tertiary/aromatic N) is 4. The number of aromatic nitrogens is 4. The lowest BCUT2D eigenvalue weighted by atomic mass is 9.99. The van der Waals surface area contributed by atoms with Crippen molar-refractivity contribution < 1.29 is 29.4 Å². The van der Waals surface area contributed by atoms with Gasteiger partial charge < -0.3 is 8.83 Å². The Morgan fingerprint density at radius 3 is 1.77 bits per heavy atom. The summed E-state index contributed by atoms with van der Waals surface area (Å²) in [5.74, 6) is -0.857. The molecule has 266 valence electrons. The molecule has 0 N–H and O–H groups in total. The lowest BCUT2D eigenvalue weighted by molar-refractivity contribution is 0.668. The second-order valence-electron chi connectivity index (χ2n) is 13.2. The summed E-state index contributed by atoms with van der Waals surface area (Å²) in [6.45, 7) is 0. The zero-order chi connectivity index (χ0) is 50.5. The SMILES string of the molecule is [2H]c1c([2H])c(-c2ccccc2)c2c(oc3c([2H])c(-c4nc(-c5ccccc5)nc(-n5c6c([2H])c([2H])c([2H])c([2H])c6c6c([2H])c([2H])c7oc8c([2H])c(-c9ccccc9)c([2H])c([2H])c8c7c65)n4)c([2H])c([2H])c32)c1[2H]. The van der Waals surface area contributed by atoms with Crippen LogP contribution in [0.4, 0.5) is 0 Å². The Hall–Kier alpha value is -7.83. The van der Waals surface area contributed by atoms with Gasteiger partial charge in [0.05, 0.1) is 37.0 Å². The van der Waals surface area contributed by atoms with Gasteiger partial charge in [0.2, 0.25) is 5.95 Å². The van der Waals surface area contributed by atoms with Crippen molar-refractivity contribution in [2.75, 3.05) is 0 Å². The van der Waals surface area contributed by atoms with Gasteiger partial charge in [-0.3, -0.25) is 4.57 Å². The number of para-hydroxylation sites is 1. The third-order valence-corrected chi connectivity index (χ3v) is 9.88. The predicted octanol–water partition coefficient (Wildman–Crippen LogP) is 13.4. The van der Waals surface area contributed by atoms with Gasteiger partial charge in [0.25, 0.3) is 0 Å². The Balaban J connectivity index is 1.25. The third-order valence-electron chi connectivity index (χ3n) is 9.88. The molecule has 12 rings (SSSR count). The van der Waals surface area contributed by atoms with Crippen molar-refractivity contribution in [3.63, 3.8) is 0 Å². The van der Waals surface area contributed by atoms with E-state index in [9.17, 15) is 13.7 Å². The number of benzene rings is 8. The Kier molecular flexibility index (Phi) is 4.37. The summed E-state index contributed by atoms with van der Waals surface area (Å²) in [5.41, 5.74) is -0.176. The van der Waals surface area contributed by atoms with E-state index in [-0.39, 0.29) is 112 Å². The maximum absolute atomic E-state index is 9.69. The van der Waals surface area contributed by atoms with Crippen LogP contribution in [0.2, 0.25) is 0 Å². The van der Waals surface area contributed by atoms with Crippen LogP contribution in [0.25, 0.3) is 117 Å². The Bertz CT molecular complexity index is 4390. The zero-order valence-corrected chi connectivity index (χ0v) is 29.3. The molecular formula is C51H30N4O2. The summed E-state index contributed by atoms with van der Waals surface area (Å²) in [5, 5.41) is -0.594. The molecule has 0 aliphatic carbocycles. The van der Waals surface area contributed by atoms with Crippen LogP contribution in [-0.2, 0) is 0 Å². The van der Waals surface area contributed by atoms with E-state index in [4.69, 9.17) is 30.6 Å². The van der Waals surface area contributed by atoms with E-state index in [0.717, 1.165) is 0 Å². The van der Waals surface area contributed by atoms with Crippen molar-refractivity contribution in [2.24, 2.45) is 0 Å². The van der Waals surface area contributed by atoms with E-state index < -0.39 is 78.5 Å². The molecule has 0 saturated heterocycles. The molecule has 0 fully saturated rings. The molecule has 4 heterocycles. The molecule has 6 heteroatoms. The van der Waals surface area contributed by atoms with Gasteiger partial charge in [-0.1, -0.05) is 133 Å². The minimum absolute atomic E-state index is 0.0619. The van der Waals surface area contributed by atoms with Gasteiger partial charge in [-0.05, 0) is 70.6 Å². The van der Waals surface area contributed by atoms with E-state index in [1.807, 2.05) is 0 Å². The quantitative estimate of drug-likeness (QED) is 0.175. The lowest BCUT2D eigenvalue weighted by Gasteiger charge is -2.11. The minimum atomic E-state index is -0.679. The summed E-state index contributed by atoms with van der Waals surface area (Å²) >= 11 is 0. The highest BCUT2D eigenvalue weighted by Gasteiger charge is 2.23. The smallest absolute Gasteiger partial charge is 0.238 e. The van der Waals surface area contributed by atoms with Gasteiger partial charge in [-0.15, -0.1) is 0 Å². The van der Waals surface area contributed by atoms with Crippen LogP contribution in [-0.4, -0.2) is 19.5 Å². The van der Waals surface area contributed by atoms with Crippen molar-refractivity contribution in [1.29, 1.82) is 0 Å². The predicted molar refractivity (Wildman–Crippen MR) is 230 cm³/mol. The van der Waals surface area contributed by atoms with Crippen LogP contribution in [0.15, 0.2) is 190 Å². The normalized spacial score (nSPS) is 15.5. The van der Waals surface area contributed by atoms with E-state index in [0.29, 0.717) is 16.7 Å². The van der Waals surface area contributed by atoms with Crippen molar-refractivity contribution in [3.8, 4) is 51.0 Å². The molecule has 57 heavy (non-hydrogen) atoms. The van der Waals surface area contributed by atoms with E-state index in [2.05, 4.69) is 0 Å². The Labute approximate surface area is 347 Å². The van der Waals surface area contributed by atoms with Crippen molar-refractivity contribution in [1.82, 2.24) is 19.5 Å². The fraction of sp³-hybridized carbons (Fsp3) is 0. The minimum Gasteiger partial charge on any atom is -0.456 e. The summed E-state index contributed by atoms with van der Waals surface area (Å²) in [6, 6.07) is 18.1. The molecule has 0 bridgehead atoms. The van der Waals surface area contributed by atoms with Gasteiger partial charge in [0, 0.05) is 38.1 Å². The van der Waals surface area contributed by atoms with Crippen molar-refractivity contribution >= 4 is 65.7 Å². The highest BCUT2D eigenvalue weighted by Crippen LogP contribution is 2.42. The van der Waals surface area contributed by atoms with E-state index in [1.165, 1.54) is 4.57 Å². The molecule has 6 nitrogen and oxygen atoms in total. The van der Waals surface area contributed by atoms with Gasteiger partial charge in [0.1, 0.15) is 22.3 Å². The number of rotatable bonds is 5. The van der Waals surface area contributed by atoms with Crippen LogP contribution in [0.1, 0.15) is 20.6 Å². The molecular weight excluding hydrogens is 701 g/mol. The van der Waals surface area contributed by atoms with Gasteiger partial charge in [0.15, 0.2) is 11.6 Å². The van der Waals surface area contributed by atoms with Gasteiger partial charge >= 0.3 is 0 Å². The van der Waals surface area contributed by atoms with Crippen LogP contribution in [0, 0.1) is 0 Å². The maximum atomic E-state index is 9.69. The standard InChI is InChI=1S/C51H30N4O2/c1-4-13-31(14-5-1)34-23-25-40-44(29-34)57-43-28-27-38-37-19-10-11-21-41(37)55(48(38)47(40)43)51-53-49(33-17-8-3-9-18-33)52-50(54-51)35-24-26-39-45(30-35)56-42-22-12-20-36(46(39)42)32-15-6-2-7-16-32/h1-30H/i10D,11D,12D,19D,20D,21D,22D,23D,24D,25D,26D,27D,28D,29D,30D. The lowest BCUT2D eigenvalue weighted by Crippen LogP contribution is -2.06. The van der Waals surface area contributed by atoms with Crippen LogP contribution in [0.3, 0.4) is 0 Å². The molecule has 0 aliphatic rings. The van der Waals surface area contributed by atoms with Gasteiger partial charge in [-0.25, -0.2) is 4.98 Å². The fourth-order valence-corrected chi connectivity index (χ4v) is 7.32. The summed E-state index contributed by atoms with van der Waals surface area (Å²) < 4.78 is 152. The number of hydrogen-bond donors (Lipinski definition) is 0. The average molecular weight is 746 g/mol. The zero-order valence-electron chi connectivity index (χ0n) is 44.3. The first-order valence-electron chi connectivity index (χ1n) is 25.3. The molecule has 0 radical (unpaired) electrons. The number of furan rings is 2. The van der Waals surface area contributed by atoms with Gasteiger partial charge in [-0.2, -0.15) is 9.97 Å². The monoisotopic (exact) mass is 745 g/mol. The van der Waals surface area contributed by atoms with E-state index in [1.54, 1.807) is 91.0 Å². The topological polar surface area (TPSA) is 69.9 Å². The van der Waals surface area contributed by atoms with Crippen LogP contribution < -0.4 is 0 Å². The Morgan fingerprint density at radius 2 is 1.02 bits per heavy atom. The molecule has 4 aromatic heterocycles. The Morgan fingerprint density at radius 1 is 0.421 bits per heavy atom. The number of fused-ring (bicyclic) bond motifs is 10. The third kappa shape index (κ3) is 4.94. The summed E-state index contributed by atoms with van der Waals surface area (Å²) in [7, 11) is 0. The van der Waals surface area contributed by atoms with E-state index >= 15 is 0 Å². The van der Waals surface area contributed by atoms with Crippen LogP contribution >= 0.6 is 0 Å². The molecule has 12 aromatic rings. The first-order valence-corrected chi connectivity index (χ1v) is 17.8. The summed E-state index contributed by atoms with van der Waals surface area (Å²) in [4.78, 5) is 14.4. The molecule has 0 saturated carbocycles. The second kappa shape index (κ2) is 12.3. The molecule has 0 atom stereocenters. The van der Waals surface area contributed by atoms with Crippen molar-refractivity contribution in [2.45, 2.75) is 0 Å². The van der Waals surface area contributed by atoms with Crippen molar-refractivity contribution in [3.05, 3.63) is 182 Å². The molecule has 0 aliphatic heterocycles.